The molecule has 3 aromatic carbocycles. The Balaban J connectivity index is 1.55. The smallest absolute Gasteiger partial charge is 0.280 e. The van der Waals surface area contributed by atoms with Crippen LogP contribution in [-0.4, -0.2) is 20.2 Å². The topological polar surface area (TPSA) is 83.6 Å². The molecule has 0 aromatic heterocycles. The molecular formula is C21H13F3N2O4S. The second kappa shape index (κ2) is 7.24. The molecule has 1 N–H and O–H groups in total. The van der Waals surface area contributed by atoms with Gasteiger partial charge in [0.05, 0.1) is 27.3 Å². The Kier molecular flexibility index (Phi) is 4.81. The average Bonchev–Trinajstić information content (AvgIpc) is 2.98. The second-order valence-electron chi connectivity index (χ2n) is 6.67. The van der Waals surface area contributed by atoms with Crippen molar-refractivity contribution in [1.29, 1.82) is 0 Å². The lowest BCUT2D eigenvalue weighted by atomic mass is 10.1. The van der Waals surface area contributed by atoms with Crippen LogP contribution in [-0.2, 0) is 16.2 Å². The number of benzene rings is 3. The summed E-state index contributed by atoms with van der Waals surface area (Å²) in [5.74, 6) is -1.03. The number of sulfonamides is 1. The van der Waals surface area contributed by atoms with E-state index in [0.717, 1.165) is 29.2 Å². The Hall–Kier alpha value is -3.66. The second-order valence-corrected chi connectivity index (χ2v) is 8.35. The van der Waals surface area contributed by atoms with E-state index in [2.05, 4.69) is 4.72 Å². The van der Waals surface area contributed by atoms with E-state index in [4.69, 9.17) is 0 Å². The Bertz CT molecular complexity index is 1250. The van der Waals surface area contributed by atoms with Gasteiger partial charge in [-0.15, -0.1) is 0 Å². The number of alkyl halides is 3. The van der Waals surface area contributed by atoms with Gasteiger partial charge in [0.25, 0.3) is 21.8 Å². The average molecular weight is 446 g/mol. The number of carbonyl (C=O) groups excluding carboxylic acids is 2. The van der Waals surface area contributed by atoms with Gasteiger partial charge in [-0.25, -0.2) is 13.3 Å². The molecule has 0 aliphatic carbocycles. The minimum Gasteiger partial charge on any atom is -0.280 e. The van der Waals surface area contributed by atoms with Gasteiger partial charge in [-0.1, -0.05) is 12.1 Å². The third-order valence-corrected chi connectivity index (χ3v) is 6.06. The number of nitrogens with one attached hydrogen (secondary N) is 1. The highest BCUT2D eigenvalue weighted by molar-refractivity contribution is 7.92. The highest BCUT2D eigenvalue weighted by atomic mass is 32.2. The van der Waals surface area contributed by atoms with Crippen molar-refractivity contribution >= 4 is 33.2 Å². The first-order valence-electron chi connectivity index (χ1n) is 8.86. The summed E-state index contributed by atoms with van der Waals surface area (Å²) in [6, 6.07) is 14.9. The molecule has 1 aliphatic heterocycles. The van der Waals surface area contributed by atoms with Crippen LogP contribution >= 0.6 is 0 Å². The molecule has 31 heavy (non-hydrogen) atoms. The normalized spacial score (nSPS) is 14.0. The number of halogens is 3. The molecule has 0 fully saturated rings. The first-order valence-corrected chi connectivity index (χ1v) is 10.3. The Morgan fingerprint density at radius 2 is 1.26 bits per heavy atom. The molecule has 0 spiro atoms. The summed E-state index contributed by atoms with van der Waals surface area (Å²) < 4.78 is 65.2. The summed E-state index contributed by atoms with van der Waals surface area (Å²) in [5.41, 5.74) is -0.237. The van der Waals surface area contributed by atoms with E-state index in [1.807, 2.05) is 0 Å². The van der Waals surface area contributed by atoms with Gasteiger partial charge in [0.2, 0.25) is 0 Å². The monoisotopic (exact) mass is 446 g/mol. The van der Waals surface area contributed by atoms with Gasteiger partial charge in [-0.05, 0) is 60.7 Å². The lowest BCUT2D eigenvalue weighted by molar-refractivity contribution is -0.137. The Morgan fingerprint density at radius 1 is 0.742 bits per heavy atom. The van der Waals surface area contributed by atoms with E-state index in [1.165, 1.54) is 36.4 Å². The van der Waals surface area contributed by atoms with E-state index < -0.39 is 33.6 Å². The highest BCUT2D eigenvalue weighted by Crippen LogP contribution is 2.31. The van der Waals surface area contributed by atoms with Crippen molar-refractivity contribution < 1.29 is 31.2 Å². The number of imide groups is 1. The molecule has 0 bridgehead atoms. The molecular weight excluding hydrogens is 433 g/mol. The van der Waals surface area contributed by atoms with E-state index in [9.17, 15) is 31.2 Å². The molecule has 0 radical (unpaired) electrons. The molecule has 0 unspecified atom stereocenters. The summed E-state index contributed by atoms with van der Waals surface area (Å²) in [6.45, 7) is 0. The van der Waals surface area contributed by atoms with Crippen molar-refractivity contribution in [1.82, 2.24) is 0 Å². The number of fused-ring (bicyclic) bond motifs is 1. The van der Waals surface area contributed by atoms with E-state index in [1.54, 1.807) is 12.1 Å². The molecule has 1 heterocycles. The van der Waals surface area contributed by atoms with Crippen LogP contribution in [0, 0.1) is 0 Å². The third-order valence-electron chi connectivity index (χ3n) is 4.66. The van der Waals surface area contributed by atoms with E-state index in [-0.39, 0.29) is 27.4 Å². The van der Waals surface area contributed by atoms with Crippen LogP contribution in [0.2, 0.25) is 0 Å². The summed E-state index contributed by atoms with van der Waals surface area (Å²) >= 11 is 0. The molecule has 158 valence electrons. The van der Waals surface area contributed by atoms with Crippen LogP contribution in [0.4, 0.5) is 24.5 Å². The fourth-order valence-electron chi connectivity index (χ4n) is 3.14. The fourth-order valence-corrected chi connectivity index (χ4v) is 4.20. The molecule has 0 atom stereocenters. The fraction of sp³-hybridized carbons (Fsp3) is 0.0476. The quantitative estimate of drug-likeness (QED) is 0.606. The van der Waals surface area contributed by atoms with Crippen molar-refractivity contribution in [2.75, 3.05) is 9.62 Å². The molecule has 2 amide bonds. The van der Waals surface area contributed by atoms with Crippen LogP contribution in [0.1, 0.15) is 26.3 Å². The van der Waals surface area contributed by atoms with E-state index >= 15 is 0 Å². The first kappa shape index (κ1) is 20.6. The lowest BCUT2D eigenvalue weighted by Crippen LogP contribution is -2.29. The van der Waals surface area contributed by atoms with Crippen LogP contribution in [0.15, 0.2) is 77.7 Å². The van der Waals surface area contributed by atoms with Gasteiger partial charge in [0.1, 0.15) is 0 Å². The zero-order chi connectivity index (χ0) is 22.4. The zero-order valence-electron chi connectivity index (χ0n) is 15.6. The van der Waals surface area contributed by atoms with Gasteiger partial charge in [-0.2, -0.15) is 13.2 Å². The predicted molar refractivity (Wildman–Crippen MR) is 106 cm³/mol. The van der Waals surface area contributed by atoms with Gasteiger partial charge in [0.15, 0.2) is 0 Å². The van der Waals surface area contributed by atoms with Gasteiger partial charge >= 0.3 is 6.18 Å². The number of carbonyl (C=O) groups is 2. The zero-order valence-corrected chi connectivity index (χ0v) is 16.4. The lowest BCUT2D eigenvalue weighted by Gasteiger charge is -2.15. The molecule has 4 rings (SSSR count). The molecule has 6 nitrogen and oxygen atoms in total. The Morgan fingerprint density at radius 3 is 1.74 bits per heavy atom. The van der Waals surface area contributed by atoms with Gasteiger partial charge in [-0.3, -0.25) is 14.3 Å². The number of anilines is 2. The number of hydrogen-bond donors (Lipinski definition) is 1. The summed E-state index contributed by atoms with van der Waals surface area (Å²) in [7, 11) is -4.10. The first-order chi connectivity index (χ1) is 14.6. The van der Waals surface area contributed by atoms with Crippen LogP contribution < -0.4 is 9.62 Å². The van der Waals surface area contributed by atoms with Crippen LogP contribution in [0.5, 0.6) is 0 Å². The molecule has 1 aliphatic rings. The van der Waals surface area contributed by atoms with Crippen molar-refractivity contribution in [3.05, 3.63) is 89.5 Å². The maximum atomic E-state index is 12.6. The van der Waals surface area contributed by atoms with Crippen LogP contribution in [0.3, 0.4) is 0 Å². The molecule has 10 heteroatoms. The number of rotatable bonds is 4. The molecule has 3 aromatic rings. The summed E-state index contributed by atoms with van der Waals surface area (Å²) in [5, 5.41) is 0. The van der Waals surface area contributed by atoms with Crippen molar-refractivity contribution in [3.63, 3.8) is 0 Å². The Labute approximate surface area is 175 Å². The number of hydrogen-bond acceptors (Lipinski definition) is 4. The number of nitrogens with zero attached hydrogens (tertiary/aromatic N) is 1. The summed E-state index contributed by atoms with van der Waals surface area (Å²) in [6.07, 6.45) is -4.53. The summed E-state index contributed by atoms with van der Waals surface area (Å²) in [4.78, 5) is 25.8. The molecule has 0 saturated heterocycles. The van der Waals surface area contributed by atoms with Crippen molar-refractivity contribution in [3.8, 4) is 0 Å². The van der Waals surface area contributed by atoms with Gasteiger partial charge in [0, 0.05) is 5.69 Å². The largest absolute Gasteiger partial charge is 0.416 e. The minimum atomic E-state index is -4.53. The maximum Gasteiger partial charge on any atom is 0.416 e. The van der Waals surface area contributed by atoms with Gasteiger partial charge < -0.3 is 0 Å². The number of amides is 2. The predicted octanol–water partition coefficient (Wildman–Crippen LogP) is 4.31. The van der Waals surface area contributed by atoms with Crippen molar-refractivity contribution in [2.45, 2.75) is 11.1 Å². The third kappa shape index (κ3) is 3.77. The van der Waals surface area contributed by atoms with Crippen molar-refractivity contribution in [2.24, 2.45) is 0 Å². The minimum absolute atomic E-state index is 0.0441. The highest BCUT2D eigenvalue weighted by Gasteiger charge is 2.36. The maximum absolute atomic E-state index is 12.6. The van der Waals surface area contributed by atoms with Crippen LogP contribution in [0.25, 0.3) is 0 Å². The standard InChI is InChI=1S/C21H13F3N2O4S/c22-21(23,24)13-5-7-14(8-6-13)25-31(29,30)16-11-9-15(10-12-16)26-19(27)17-3-1-2-4-18(17)20(26)28/h1-12,25H. The van der Waals surface area contributed by atoms with E-state index in [0.29, 0.717) is 0 Å². The molecule has 0 saturated carbocycles. The SMILES string of the molecule is O=C1c2ccccc2C(=O)N1c1ccc(S(=O)(=O)Nc2ccc(C(F)(F)F)cc2)cc1.